The highest BCUT2D eigenvalue weighted by Gasteiger charge is 2.35. The third-order valence-electron chi connectivity index (χ3n) is 2.14. The summed E-state index contributed by atoms with van der Waals surface area (Å²) in [5.74, 6) is 0. The lowest BCUT2D eigenvalue weighted by atomic mass is 10.3. The summed E-state index contributed by atoms with van der Waals surface area (Å²) in [6.07, 6.45) is 1.47. The second-order valence-electron chi connectivity index (χ2n) is 3.47. The minimum atomic E-state index is -3.23. The van der Waals surface area contributed by atoms with Gasteiger partial charge in [0.2, 0.25) is 10.0 Å². The molecule has 1 aliphatic rings. The highest BCUT2D eigenvalue weighted by atomic mass is 79.9. The molecule has 82 valence electrons. The summed E-state index contributed by atoms with van der Waals surface area (Å²) in [6, 6.07) is 5.07. The van der Waals surface area contributed by atoms with E-state index in [0.717, 1.165) is 17.3 Å². The molecule has 0 radical (unpaired) electrons. The molecule has 6 heteroatoms. The first-order valence-electron chi connectivity index (χ1n) is 4.46. The van der Waals surface area contributed by atoms with Crippen LogP contribution in [0.5, 0.6) is 0 Å². The second-order valence-corrected chi connectivity index (χ2v) is 6.75. The maximum Gasteiger partial charge on any atom is 0.235 e. The molecule has 0 aromatic heterocycles. The average molecular weight is 311 g/mol. The quantitative estimate of drug-likeness (QED) is 0.933. The molecule has 1 saturated carbocycles. The van der Waals surface area contributed by atoms with E-state index in [-0.39, 0.29) is 5.25 Å². The maximum atomic E-state index is 11.6. The van der Waals surface area contributed by atoms with Gasteiger partial charge in [0, 0.05) is 4.47 Å². The lowest BCUT2D eigenvalue weighted by Crippen LogP contribution is -2.17. The van der Waals surface area contributed by atoms with E-state index in [9.17, 15) is 8.42 Å². The summed E-state index contributed by atoms with van der Waals surface area (Å²) >= 11 is 9.14. The smallest absolute Gasteiger partial charge is 0.235 e. The molecule has 0 saturated heterocycles. The number of hydrogen-bond acceptors (Lipinski definition) is 2. The maximum absolute atomic E-state index is 11.6. The summed E-state index contributed by atoms with van der Waals surface area (Å²) in [5.41, 5.74) is 0.429. The van der Waals surface area contributed by atoms with E-state index in [4.69, 9.17) is 11.6 Å². The molecule has 0 atom stereocenters. The van der Waals surface area contributed by atoms with Crippen molar-refractivity contribution in [2.45, 2.75) is 18.1 Å². The minimum absolute atomic E-state index is 0.243. The number of halogens is 2. The first-order chi connectivity index (χ1) is 6.99. The SMILES string of the molecule is O=S(=O)(Nc1cc(Br)ccc1Cl)C1CC1. The standard InChI is InChI=1S/C9H9BrClNO2S/c10-6-1-4-8(11)9(5-6)12-15(13,14)7-2-3-7/h1,4-5,7,12H,2-3H2. The van der Waals surface area contributed by atoms with Crippen LogP contribution in [0.15, 0.2) is 22.7 Å². The van der Waals surface area contributed by atoms with Crippen LogP contribution in [-0.2, 0) is 10.0 Å². The number of hydrogen-bond donors (Lipinski definition) is 1. The molecular weight excluding hydrogens is 302 g/mol. The molecule has 0 bridgehead atoms. The molecule has 1 aromatic carbocycles. The molecule has 1 fully saturated rings. The van der Waals surface area contributed by atoms with E-state index in [2.05, 4.69) is 20.7 Å². The Morgan fingerprint density at radius 3 is 2.67 bits per heavy atom. The van der Waals surface area contributed by atoms with Crippen LogP contribution in [0.4, 0.5) is 5.69 Å². The average Bonchev–Trinajstić information content (AvgIpc) is 2.93. The summed E-state index contributed by atoms with van der Waals surface area (Å²) in [6.45, 7) is 0. The minimum Gasteiger partial charge on any atom is -0.282 e. The molecule has 2 rings (SSSR count). The topological polar surface area (TPSA) is 46.2 Å². The van der Waals surface area contributed by atoms with E-state index < -0.39 is 10.0 Å². The van der Waals surface area contributed by atoms with Gasteiger partial charge in [0.25, 0.3) is 0 Å². The van der Waals surface area contributed by atoms with Crippen molar-refractivity contribution in [3.05, 3.63) is 27.7 Å². The number of benzene rings is 1. The van der Waals surface area contributed by atoms with Gasteiger partial charge < -0.3 is 0 Å². The van der Waals surface area contributed by atoms with Crippen LogP contribution in [0.2, 0.25) is 5.02 Å². The van der Waals surface area contributed by atoms with Crippen molar-refractivity contribution < 1.29 is 8.42 Å². The lowest BCUT2D eigenvalue weighted by molar-refractivity contribution is 0.600. The van der Waals surface area contributed by atoms with E-state index >= 15 is 0 Å². The molecule has 0 heterocycles. The molecule has 1 N–H and O–H groups in total. The van der Waals surface area contributed by atoms with Crippen molar-refractivity contribution >= 4 is 43.2 Å². The van der Waals surface area contributed by atoms with Crippen molar-refractivity contribution in [3.63, 3.8) is 0 Å². The van der Waals surface area contributed by atoms with E-state index in [0.29, 0.717) is 10.7 Å². The van der Waals surface area contributed by atoms with Crippen LogP contribution >= 0.6 is 27.5 Å². The van der Waals surface area contributed by atoms with Gasteiger partial charge in [0.15, 0.2) is 0 Å². The highest BCUT2D eigenvalue weighted by molar-refractivity contribution is 9.10. The Balaban J connectivity index is 2.27. The fourth-order valence-electron chi connectivity index (χ4n) is 1.19. The van der Waals surface area contributed by atoms with Crippen molar-refractivity contribution in [2.24, 2.45) is 0 Å². The summed E-state index contributed by atoms with van der Waals surface area (Å²) in [5, 5.41) is 0.162. The molecular formula is C9H9BrClNO2S. The van der Waals surface area contributed by atoms with Gasteiger partial charge in [0.1, 0.15) is 0 Å². The number of anilines is 1. The molecule has 0 spiro atoms. The predicted octanol–water partition coefficient (Wildman–Crippen LogP) is 3.01. The first-order valence-corrected chi connectivity index (χ1v) is 7.17. The zero-order valence-corrected chi connectivity index (χ0v) is 10.9. The van der Waals surface area contributed by atoms with E-state index in [1.54, 1.807) is 18.2 Å². The molecule has 3 nitrogen and oxygen atoms in total. The molecule has 0 unspecified atom stereocenters. The van der Waals surface area contributed by atoms with Crippen LogP contribution < -0.4 is 4.72 Å². The largest absolute Gasteiger partial charge is 0.282 e. The number of nitrogens with one attached hydrogen (secondary N) is 1. The van der Waals surface area contributed by atoms with Gasteiger partial charge in [-0.3, -0.25) is 4.72 Å². The Hall–Kier alpha value is -0.260. The Labute approximate surface area is 102 Å². The van der Waals surface area contributed by atoms with Crippen molar-refractivity contribution in [1.82, 2.24) is 0 Å². The monoisotopic (exact) mass is 309 g/mol. The van der Waals surface area contributed by atoms with Crippen LogP contribution in [0.25, 0.3) is 0 Å². The molecule has 0 amide bonds. The fraction of sp³-hybridized carbons (Fsp3) is 0.333. The Morgan fingerprint density at radius 1 is 1.40 bits per heavy atom. The Morgan fingerprint density at radius 2 is 2.07 bits per heavy atom. The van der Waals surface area contributed by atoms with Crippen LogP contribution in [-0.4, -0.2) is 13.7 Å². The Kier molecular flexibility index (Phi) is 2.96. The lowest BCUT2D eigenvalue weighted by Gasteiger charge is -2.08. The molecule has 1 aliphatic carbocycles. The zero-order chi connectivity index (χ0) is 11.1. The summed E-state index contributed by atoms with van der Waals surface area (Å²) in [7, 11) is -3.23. The number of sulfonamides is 1. The van der Waals surface area contributed by atoms with Crippen LogP contribution in [0.3, 0.4) is 0 Å². The van der Waals surface area contributed by atoms with Gasteiger partial charge in [-0.2, -0.15) is 0 Å². The summed E-state index contributed by atoms with van der Waals surface area (Å²) < 4.78 is 26.6. The molecule has 1 aromatic rings. The van der Waals surface area contributed by atoms with Gasteiger partial charge in [-0.05, 0) is 31.0 Å². The van der Waals surface area contributed by atoms with Crippen molar-refractivity contribution in [2.75, 3.05) is 4.72 Å². The molecule has 15 heavy (non-hydrogen) atoms. The normalized spacial score (nSPS) is 16.4. The third-order valence-corrected chi connectivity index (χ3v) is 4.82. The third kappa shape index (κ3) is 2.65. The van der Waals surface area contributed by atoms with Gasteiger partial charge >= 0.3 is 0 Å². The fourth-order valence-corrected chi connectivity index (χ4v) is 3.17. The number of rotatable bonds is 3. The van der Waals surface area contributed by atoms with Gasteiger partial charge in [-0.15, -0.1) is 0 Å². The summed E-state index contributed by atoms with van der Waals surface area (Å²) in [4.78, 5) is 0. The highest BCUT2D eigenvalue weighted by Crippen LogP contribution is 2.32. The van der Waals surface area contributed by atoms with Crippen LogP contribution in [0, 0.1) is 0 Å². The van der Waals surface area contributed by atoms with Gasteiger partial charge in [-0.25, -0.2) is 8.42 Å². The van der Waals surface area contributed by atoms with E-state index in [1.807, 2.05) is 0 Å². The van der Waals surface area contributed by atoms with Gasteiger partial charge in [0.05, 0.1) is 16.0 Å². The predicted molar refractivity (Wildman–Crippen MR) is 64.7 cm³/mol. The van der Waals surface area contributed by atoms with Gasteiger partial charge in [-0.1, -0.05) is 27.5 Å². The zero-order valence-electron chi connectivity index (χ0n) is 7.70. The van der Waals surface area contributed by atoms with Crippen molar-refractivity contribution in [1.29, 1.82) is 0 Å². The van der Waals surface area contributed by atoms with Crippen molar-refractivity contribution in [3.8, 4) is 0 Å². The second kappa shape index (κ2) is 3.96. The first kappa shape index (κ1) is 11.2. The Bertz CT molecular complexity index is 485. The molecule has 0 aliphatic heterocycles. The van der Waals surface area contributed by atoms with Crippen LogP contribution in [0.1, 0.15) is 12.8 Å². The van der Waals surface area contributed by atoms with E-state index in [1.165, 1.54) is 0 Å².